The quantitative estimate of drug-likeness (QED) is 0.768. The Balaban J connectivity index is 2.79. The third-order valence-corrected chi connectivity index (χ3v) is 4.87. The molecule has 0 aromatic rings. The summed E-state index contributed by atoms with van der Waals surface area (Å²) in [5.74, 6) is -0.381. The molecule has 1 rings (SSSR count). The number of rotatable bonds is 5. The lowest BCUT2D eigenvalue weighted by atomic mass is 10.2. The molecule has 1 N–H and O–H groups in total. The van der Waals surface area contributed by atoms with E-state index in [0.29, 0.717) is 0 Å². The molecule has 1 atom stereocenters. The van der Waals surface area contributed by atoms with Gasteiger partial charge in [0.1, 0.15) is 5.25 Å². The third-order valence-electron chi connectivity index (χ3n) is 3.38. The minimum absolute atomic E-state index is 0.0962. The van der Waals surface area contributed by atoms with E-state index < -0.39 is 15.1 Å². The van der Waals surface area contributed by atoms with Gasteiger partial charge in [0.15, 0.2) is 9.84 Å². The number of carbonyl (C=O) groups is 1. The molecule has 0 aromatic carbocycles. The van der Waals surface area contributed by atoms with Crippen molar-refractivity contribution < 1.29 is 18.3 Å². The number of carbonyl (C=O) groups excluding carboxylic acids is 1. The molecule has 0 spiro atoms. The minimum atomic E-state index is -3.37. The Bertz CT molecular complexity index is 360. The molecule has 5 nitrogen and oxygen atoms in total. The second kappa shape index (κ2) is 5.82. The van der Waals surface area contributed by atoms with Gasteiger partial charge in [0.2, 0.25) is 5.91 Å². The highest BCUT2D eigenvalue weighted by molar-refractivity contribution is 7.92. The molecule has 6 heteroatoms. The zero-order valence-corrected chi connectivity index (χ0v) is 11.2. The molecule has 1 aliphatic carbocycles. The van der Waals surface area contributed by atoms with Gasteiger partial charge >= 0.3 is 0 Å². The molecule has 100 valence electrons. The fraction of sp³-hybridized carbons (Fsp3) is 0.909. The second-order valence-corrected chi connectivity index (χ2v) is 7.03. The van der Waals surface area contributed by atoms with Crippen LogP contribution < -0.4 is 0 Å². The van der Waals surface area contributed by atoms with Crippen LogP contribution in [0, 0.1) is 0 Å². The van der Waals surface area contributed by atoms with E-state index in [1.807, 2.05) is 0 Å². The number of hydrogen-bond donors (Lipinski definition) is 1. The van der Waals surface area contributed by atoms with Crippen molar-refractivity contribution >= 4 is 15.7 Å². The molecule has 0 radical (unpaired) electrons. The number of sulfone groups is 1. The first-order valence-electron chi connectivity index (χ1n) is 5.98. The molecule has 1 amide bonds. The highest BCUT2D eigenvalue weighted by atomic mass is 32.2. The van der Waals surface area contributed by atoms with E-state index in [0.717, 1.165) is 31.9 Å². The molecule has 17 heavy (non-hydrogen) atoms. The van der Waals surface area contributed by atoms with E-state index in [9.17, 15) is 13.2 Å². The van der Waals surface area contributed by atoms with E-state index in [-0.39, 0.29) is 25.1 Å². The number of aliphatic hydroxyl groups excluding tert-OH is 1. The maximum absolute atomic E-state index is 12.1. The molecule has 0 aromatic heterocycles. The Kier molecular flexibility index (Phi) is 4.94. The molecule has 1 aliphatic rings. The summed E-state index contributed by atoms with van der Waals surface area (Å²) >= 11 is 0. The minimum Gasteiger partial charge on any atom is -0.395 e. The molecule has 1 fully saturated rings. The average Bonchev–Trinajstić information content (AvgIpc) is 2.75. The Labute approximate surface area is 103 Å². The monoisotopic (exact) mass is 263 g/mol. The SMILES string of the molecule is CC(C(=O)N(CCO)C1CCCC1)S(C)(=O)=O. The molecule has 1 unspecified atom stereocenters. The lowest BCUT2D eigenvalue weighted by Gasteiger charge is -2.30. The van der Waals surface area contributed by atoms with Gasteiger partial charge in [-0.25, -0.2) is 8.42 Å². The number of aliphatic hydroxyl groups is 1. The lowest BCUT2D eigenvalue weighted by Crippen LogP contribution is -2.47. The summed E-state index contributed by atoms with van der Waals surface area (Å²) in [6.07, 6.45) is 5.01. The molecule has 0 aliphatic heterocycles. The first-order chi connectivity index (χ1) is 7.88. The Morgan fingerprint density at radius 1 is 1.41 bits per heavy atom. The van der Waals surface area contributed by atoms with Gasteiger partial charge in [0, 0.05) is 18.8 Å². The van der Waals surface area contributed by atoms with E-state index >= 15 is 0 Å². The van der Waals surface area contributed by atoms with Gasteiger partial charge in [0.25, 0.3) is 0 Å². The lowest BCUT2D eigenvalue weighted by molar-refractivity contribution is -0.133. The smallest absolute Gasteiger partial charge is 0.240 e. The maximum atomic E-state index is 12.1. The van der Waals surface area contributed by atoms with Crippen molar-refractivity contribution in [2.45, 2.75) is 43.9 Å². The average molecular weight is 263 g/mol. The topological polar surface area (TPSA) is 74.7 Å². The predicted molar refractivity (Wildman–Crippen MR) is 65.4 cm³/mol. The van der Waals surface area contributed by atoms with E-state index in [1.165, 1.54) is 6.92 Å². The number of amides is 1. The molecule has 0 saturated heterocycles. The normalized spacial score (nSPS) is 19.2. The van der Waals surface area contributed by atoms with Crippen molar-refractivity contribution in [2.75, 3.05) is 19.4 Å². The zero-order valence-electron chi connectivity index (χ0n) is 10.4. The Morgan fingerprint density at radius 2 is 1.94 bits per heavy atom. The van der Waals surface area contributed by atoms with Gasteiger partial charge in [-0.2, -0.15) is 0 Å². The highest BCUT2D eigenvalue weighted by Gasteiger charge is 2.33. The third kappa shape index (κ3) is 3.67. The summed E-state index contributed by atoms with van der Waals surface area (Å²) in [5, 5.41) is 7.97. The van der Waals surface area contributed by atoms with Crippen LogP contribution in [0.3, 0.4) is 0 Å². The van der Waals surface area contributed by atoms with Gasteiger partial charge in [-0.3, -0.25) is 4.79 Å². The first-order valence-corrected chi connectivity index (χ1v) is 7.93. The van der Waals surface area contributed by atoms with Crippen molar-refractivity contribution in [2.24, 2.45) is 0 Å². The van der Waals surface area contributed by atoms with Crippen LogP contribution in [-0.4, -0.2) is 55.0 Å². The van der Waals surface area contributed by atoms with Crippen LogP contribution in [0.5, 0.6) is 0 Å². The van der Waals surface area contributed by atoms with E-state index in [2.05, 4.69) is 0 Å². The van der Waals surface area contributed by atoms with Crippen molar-refractivity contribution in [3.8, 4) is 0 Å². The van der Waals surface area contributed by atoms with E-state index in [4.69, 9.17) is 5.11 Å². The van der Waals surface area contributed by atoms with Crippen molar-refractivity contribution in [1.29, 1.82) is 0 Å². The number of nitrogens with zero attached hydrogens (tertiary/aromatic N) is 1. The summed E-state index contributed by atoms with van der Waals surface area (Å²) < 4.78 is 22.8. The summed E-state index contributed by atoms with van der Waals surface area (Å²) in [4.78, 5) is 13.6. The van der Waals surface area contributed by atoms with Crippen LogP contribution in [0.2, 0.25) is 0 Å². The molecule has 1 saturated carbocycles. The molecule has 0 heterocycles. The van der Waals surface area contributed by atoms with Gasteiger partial charge in [-0.05, 0) is 19.8 Å². The van der Waals surface area contributed by atoms with Gasteiger partial charge in [-0.1, -0.05) is 12.8 Å². The van der Waals surface area contributed by atoms with Crippen LogP contribution in [0.1, 0.15) is 32.6 Å². The second-order valence-electron chi connectivity index (χ2n) is 4.67. The van der Waals surface area contributed by atoms with Crippen molar-refractivity contribution in [3.05, 3.63) is 0 Å². The molecular weight excluding hydrogens is 242 g/mol. The maximum Gasteiger partial charge on any atom is 0.240 e. The first kappa shape index (κ1) is 14.4. The standard InChI is InChI=1S/C11H21NO4S/c1-9(17(2,15)16)11(14)12(7-8-13)10-5-3-4-6-10/h9-10,13H,3-8H2,1-2H3. The van der Waals surface area contributed by atoms with Crippen LogP contribution in [0.25, 0.3) is 0 Å². The van der Waals surface area contributed by atoms with E-state index in [1.54, 1.807) is 4.90 Å². The summed E-state index contributed by atoms with van der Waals surface area (Å²) in [7, 11) is -3.37. The van der Waals surface area contributed by atoms with Crippen molar-refractivity contribution in [1.82, 2.24) is 4.90 Å². The summed E-state index contributed by atoms with van der Waals surface area (Å²) in [6, 6.07) is 0.0962. The Hall–Kier alpha value is -0.620. The summed E-state index contributed by atoms with van der Waals surface area (Å²) in [5.41, 5.74) is 0. The number of hydrogen-bond acceptors (Lipinski definition) is 4. The Morgan fingerprint density at radius 3 is 2.35 bits per heavy atom. The van der Waals surface area contributed by atoms with Gasteiger partial charge in [-0.15, -0.1) is 0 Å². The largest absolute Gasteiger partial charge is 0.395 e. The van der Waals surface area contributed by atoms with Gasteiger partial charge < -0.3 is 10.0 Å². The van der Waals surface area contributed by atoms with Crippen LogP contribution in [0.15, 0.2) is 0 Å². The highest BCUT2D eigenvalue weighted by Crippen LogP contribution is 2.24. The van der Waals surface area contributed by atoms with Gasteiger partial charge in [0.05, 0.1) is 6.61 Å². The van der Waals surface area contributed by atoms with Crippen LogP contribution >= 0.6 is 0 Å². The fourth-order valence-electron chi connectivity index (χ4n) is 2.21. The summed E-state index contributed by atoms with van der Waals surface area (Å²) in [6.45, 7) is 1.51. The van der Waals surface area contributed by atoms with Crippen LogP contribution in [0.4, 0.5) is 0 Å². The van der Waals surface area contributed by atoms with Crippen molar-refractivity contribution in [3.63, 3.8) is 0 Å². The predicted octanol–water partition coefficient (Wildman–Crippen LogP) is 0.183. The van der Waals surface area contributed by atoms with Crippen LogP contribution in [-0.2, 0) is 14.6 Å². The molecular formula is C11H21NO4S. The fourth-order valence-corrected chi connectivity index (χ4v) is 2.71. The zero-order chi connectivity index (χ0) is 13.1. The molecule has 0 bridgehead atoms.